The van der Waals surface area contributed by atoms with Gasteiger partial charge >= 0.3 is 5.97 Å². The van der Waals surface area contributed by atoms with E-state index in [4.69, 9.17) is 19.4 Å². The molecule has 1 aliphatic carbocycles. The van der Waals surface area contributed by atoms with Crippen molar-refractivity contribution in [3.8, 4) is 5.75 Å². The predicted molar refractivity (Wildman–Crippen MR) is 172 cm³/mol. The van der Waals surface area contributed by atoms with Gasteiger partial charge in [-0.15, -0.1) is 0 Å². The summed E-state index contributed by atoms with van der Waals surface area (Å²) < 4.78 is 9.94. The standard InChI is InChI=1S/C19H24N2O2.C13H24N2O3.CH2O2/c1-13(6-4-3-5-7-14-8-9-14)18-19(22)21-17-12-15(23-2)10-11-16(17)20-18;1-13(2,3)10(14-4)11(16)15-8-6-7-9(15)12(17)18-5;2-1-3/h6,10-12,14H,3-5,7-9H2,1-2H3,(H,21,22);9-10,14H,6-8H2,1-5H3;1H,(H,2,3)/b13-6+;;. The third-order valence-electron chi connectivity index (χ3n) is 7.90. The van der Waals surface area contributed by atoms with Crippen LogP contribution in [0.3, 0.4) is 0 Å². The molecule has 2 atom stereocenters. The van der Waals surface area contributed by atoms with Gasteiger partial charge in [0, 0.05) is 12.6 Å². The average Bonchev–Trinajstić information content (AvgIpc) is 3.68. The van der Waals surface area contributed by atoms with Crippen molar-refractivity contribution >= 4 is 35.0 Å². The predicted octanol–water partition coefficient (Wildman–Crippen LogP) is 4.79. The van der Waals surface area contributed by atoms with E-state index in [1.807, 2.05) is 39.8 Å². The number of ether oxygens (including phenoxy) is 2. The Hall–Kier alpha value is -3.73. The normalized spacial score (nSPS) is 17.1. The molecule has 2 aliphatic rings. The van der Waals surface area contributed by atoms with Gasteiger partial charge in [-0.3, -0.25) is 14.4 Å². The summed E-state index contributed by atoms with van der Waals surface area (Å²) in [6.45, 7) is 8.38. The van der Waals surface area contributed by atoms with Crippen molar-refractivity contribution in [2.24, 2.45) is 11.3 Å². The summed E-state index contributed by atoms with van der Waals surface area (Å²) in [5.74, 6) is 1.38. The number of carbonyl (C=O) groups excluding carboxylic acids is 2. The first kappa shape index (κ1) is 36.5. The number of fused-ring (bicyclic) bond motifs is 1. The lowest BCUT2D eigenvalue weighted by atomic mass is 9.86. The minimum absolute atomic E-state index is 0.0158. The fourth-order valence-corrected chi connectivity index (χ4v) is 5.36. The molecule has 0 bridgehead atoms. The van der Waals surface area contributed by atoms with Crippen LogP contribution in [0.25, 0.3) is 16.6 Å². The van der Waals surface area contributed by atoms with Crippen molar-refractivity contribution in [3.05, 3.63) is 40.3 Å². The number of benzene rings is 1. The zero-order valence-corrected chi connectivity index (χ0v) is 27.3. The lowest BCUT2D eigenvalue weighted by Gasteiger charge is -2.34. The van der Waals surface area contributed by atoms with Crippen molar-refractivity contribution in [2.75, 3.05) is 27.8 Å². The summed E-state index contributed by atoms with van der Waals surface area (Å²) in [4.78, 5) is 53.9. The molecule has 0 spiro atoms. The number of nitrogens with one attached hydrogen (secondary N) is 2. The van der Waals surface area contributed by atoms with Crippen LogP contribution >= 0.6 is 0 Å². The van der Waals surface area contributed by atoms with E-state index in [0.717, 1.165) is 29.8 Å². The Morgan fingerprint density at radius 1 is 1.20 bits per heavy atom. The van der Waals surface area contributed by atoms with Crippen molar-refractivity contribution in [3.63, 3.8) is 0 Å². The molecule has 44 heavy (non-hydrogen) atoms. The summed E-state index contributed by atoms with van der Waals surface area (Å²) in [6.07, 6.45) is 11.4. The van der Waals surface area contributed by atoms with E-state index >= 15 is 0 Å². The van der Waals surface area contributed by atoms with Gasteiger partial charge in [-0.2, -0.15) is 0 Å². The van der Waals surface area contributed by atoms with Gasteiger partial charge in [0.2, 0.25) is 5.91 Å². The first-order valence-electron chi connectivity index (χ1n) is 15.3. The first-order chi connectivity index (χ1) is 20.9. The number of esters is 1. The monoisotopic (exact) mass is 614 g/mol. The van der Waals surface area contributed by atoms with E-state index in [1.165, 1.54) is 39.2 Å². The van der Waals surface area contributed by atoms with Crippen LogP contribution in [0.15, 0.2) is 29.1 Å². The van der Waals surface area contributed by atoms with Crippen LogP contribution in [0.5, 0.6) is 5.75 Å². The number of carboxylic acid groups (broad SMARTS) is 1. The largest absolute Gasteiger partial charge is 0.497 e. The quantitative estimate of drug-likeness (QED) is 0.195. The third-order valence-corrected chi connectivity index (χ3v) is 7.90. The van der Waals surface area contributed by atoms with Gasteiger partial charge in [0.1, 0.15) is 17.5 Å². The number of H-pyrrole nitrogens is 1. The van der Waals surface area contributed by atoms with Crippen LogP contribution in [0.2, 0.25) is 0 Å². The number of aromatic nitrogens is 2. The second-order valence-corrected chi connectivity index (χ2v) is 12.3. The molecule has 4 rings (SSSR count). The fourth-order valence-electron chi connectivity index (χ4n) is 5.36. The molecule has 2 unspecified atom stereocenters. The van der Waals surface area contributed by atoms with Crippen LogP contribution in [0, 0.1) is 11.3 Å². The maximum Gasteiger partial charge on any atom is 0.328 e. The highest BCUT2D eigenvalue weighted by molar-refractivity contribution is 5.88. The van der Waals surface area contributed by atoms with Gasteiger partial charge in [0.25, 0.3) is 12.0 Å². The van der Waals surface area contributed by atoms with Gasteiger partial charge < -0.3 is 29.8 Å². The lowest BCUT2D eigenvalue weighted by molar-refractivity contribution is -0.152. The maximum atomic E-state index is 12.5. The number of rotatable bonds is 10. The van der Waals surface area contributed by atoms with Crippen molar-refractivity contribution in [1.29, 1.82) is 0 Å². The minimum Gasteiger partial charge on any atom is -0.497 e. The summed E-state index contributed by atoms with van der Waals surface area (Å²) in [6, 6.07) is 4.82. The van der Waals surface area contributed by atoms with Crippen molar-refractivity contribution in [2.45, 2.75) is 91.1 Å². The molecule has 1 amide bonds. The van der Waals surface area contributed by atoms with E-state index in [1.54, 1.807) is 25.1 Å². The van der Waals surface area contributed by atoms with Crippen LogP contribution in [0.1, 0.15) is 84.8 Å². The van der Waals surface area contributed by atoms with E-state index < -0.39 is 6.04 Å². The number of aromatic amines is 1. The molecule has 0 radical (unpaired) electrons. The van der Waals surface area contributed by atoms with Crippen LogP contribution in [-0.4, -0.2) is 78.2 Å². The Morgan fingerprint density at radius 2 is 1.89 bits per heavy atom. The average molecular weight is 615 g/mol. The third kappa shape index (κ3) is 10.8. The highest BCUT2D eigenvalue weighted by atomic mass is 16.5. The number of allylic oxidation sites excluding steroid dienone is 2. The summed E-state index contributed by atoms with van der Waals surface area (Å²) in [5, 5.41) is 9.94. The SMILES string of the molecule is CNC(C(=O)N1CCCC1C(=O)OC)C(C)(C)C.COc1ccc2nc(/C(C)=C/CCCCC3CC3)c(=O)[nH]c2c1.O=CO. The molecule has 2 fully saturated rings. The molecule has 244 valence electrons. The van der Waals surface area contributed by atoms with E-state index in [0.29, 0.717) is 29.9 Å². The molecule has 11 heteroatoms. The molecule has 3 N–H and O–H groups in total. The molecule has 1 aromatic carbocycles. The second kappa shape index (κ2) is 17.5. The number of carbonyl (C=O) groups is 3. The Morgan fingerprint density at radius 3 is 2.45 bits per heavy atom. The number of methoxy groups -OCH3 is 2. The summed E-state index contributed by atoms with van der Waals surface area (Å²) in [7, 11) is 4.75. The van der Waals surface area contributed by atoms with E-state index in [2.05, 4.69) is 21.4 Å². The number of unbranched alkanes of at least 4 members (excludes halogenated alkanes) is 2. The second-order valence-electron chi connectivity index (χ2n) is 12.3. The summed E-state index contributed by atoms with van der Waals surface area (Å²) >= 11 is 0. The van der Waals surface area contributed by atoms with E-state index in [-0.39, 0.29) is 35.4 Å². The molecule has 1 aromatic heterocycles. The van der Waals surface area contributed by atoms with Gasteiger partial charge in [-0.05, 0) is 68.7 Å². The number of hydrogen-bond donors (Lipinski definition) is 3. The fraction of sp³-hybridized carbons (Fsp3) is 0.606. The Bertz CT molecular complexity index is 1330. The lowest BCUT2D eigenvalue weighted by Crippen LogP contribution is -2.54. The van der Waals surface area contributed by atoms with Gasteiger partial charge in [-0.1, -0.05) is 52.5 Å². The molecule has 1 saturated heterocycles. The zero-order valence-electron chi connectivity index (χ0n) is 27.3. The topological polar surface area (TPSA) is 151 Å². The zero-order chi connectivity index (χ0) is 32.9. The van der Waals surface area contributed by atoms with Crippen LogP contribution in [-0.2, 0) is 19.1 Å². The van der Waals surface area contributed by atoms with Gasteiger partial charge in [0.05, 0.1) is 31.3 Å². The first-order valence-corrected chi connectivity index (χ1v) is 15.3. The maximum absolute atomic E-state index is 12.5. The Kier molecular flexibility index (Phi) is 14.5. The number of likely N-dealkylation sites (N-methyl/N-ethyl adjacent to an activating group) is 1. The molecule has 1 saturated carbocycles. The minimum atomic E-state index is -0.416. The Labute approximate surface area is 260 Å². The Balaban J connectivity index is 0.000000290. The molecular formula is C33H50N4O7. The molecule has 1 aliphatic heterocycles. The number of amides is 1. The highest BCUT2D eigenvalue weighted by Gasteiger charge is 2.40. The smallest absolute Gasteiger partial charge is 0.328 e. The summed E-state index contributed by atoms with van der Waals surface area (Å²) in [5.41, 5.74) is 2.63. The van der Waals surface area contributed by atoms with Gasteiger partial charge in [0.15, 0.2) is 0 Å². The van der Waals surface area contributed by atoms with Crippen molar-refractivity contribution in [1.82, 2.24) is 20.2 Å². The molecular weight excluding hydrogens is 564 g/mol. The van der Waals surface area contributed by atoms with E-state index in [9.17, 15) is 14.4 Å². The van der Waals surface area contributed by atoms with Crippen LogP contribution in [0.4, 0.5) is 0 Å². The molecule has 11 nitrogen and oxygen atoms in total. The number of likely N-dealkylation sites (tertiary alicyclic amines) is 1. The van der Waals surface area contributed by atoms with Gasteiger partial charge in [-0.25, -0.2) is 9.78 Å². The number of hydrogen-bond acceptors (Lipinski definition) is 8. The van der Waals surface area contributed by atoms with Crippen LogP contribution < -0.4 is 15.6 Å². The van der Waals surface area contributed by atoms with Crippen molar-refractivity contribution < 1.29 is 29.0 Å². The number of nitrogens with zero attached hydrogens (tertiary/aromatic N) is 2. The highest BCUT2D eigenvalue weighted by Crippen LogP contribution is 2.34. The molecule has 2 aromatic rings. The molecule has 2 heterocycles.